The van der Waals surface area contributed by atoms with Crippen molar-refractivity contribution in [2.75, 3.05) is 58.4 Å². The number of carbonyl (C=O) groups excluding carboxylic acids is 1. The fraction of sp³-hybridized carbons (Fsp3) is 0.538. The maximum atomic E-state index is 15.5. The van der Waals surface area contributed by atoms with Crippen LogP contribution >= 0.6 is 0 Å². The van der Waals surface area contributed by atoms with Crippen molar-refractivity contribution in [2.24, 2.45) is 11.3 Å². The summed E-state index contributed by atoms with van der Waals surface area (Å²) in [4.78, 5) is 21.0. The molecular formula is C26H30F5N5O4S. The summed E-state index contributed by atoms with van der Waals surface area (Å²) in [7, 11) is -4.02. The third-order valence-electron chi connectivity index (χ3n) is 8.07. The van der Waals surface area contributed by atoms with Crippen molar-refractivity contribution in [3.63, 3.8) is 0 Å². The van der Waals surface area contributed by atoms with Crippen LogP contribution in [0.15, 0.2) is 30.3 Å². The first-order valence-electron chi connectivity index (χ1n) is 13.2. The van der Waals surface area contributed by atoms with Gasteiger partial charge in [-0.15, -0.1) is 0 Å². The van der Waals surface area contributed by atoms with Crippen LogP contribution in [0.2, 0.25) is 0 Å². The predicted molar refractivity (Wildman–Crippen MR) is 143 cm³/mol. The number of hydrogen-bond acceptors (Lipinski definition) is 7. The summed E-state index contributed by atoms with van der Waals surface area (Å²) >= 11 is 0. The highest BCUT2D eigenvalue weighted by Gasteiger charge is 2.62. The van der Waals surface area contributed by atoms with Crippen molar-refractivity contribution in [3.05, 3.63) is 41.7 Å². The number of pyridine rings is 1. The van der Waals surface area contributed by atoms with E-state index >= 15 is 4.39 Å². The van der Waals surface area contributed by atoms with Gasteiger partial charge < -0.3 is 20.2 Å². The van der Waals surface area contributed by atoms with E-state index in [9.17, 15) is 30.8 Å². The van der Waals surface area contributed by atoms with Gasteiger partial charge in [0.15, 0.2) is 0 Å². The van der Waals surface area contributed by atoms with Gasteiger partial charge in [0.05, 0.1) is 29.3 Å². The number of halogens is 5. The number of aliphatic hydroxyl groups is 1. The Morgan fingerprint density at radius 1 is 1.12 bits per heavy atom. The third kappa shape index (κ3) is 6.20. The van der Waals surface area contributed by atoms with Crippen LogP contribution < -0.4 is 19.8 Å². The molecule has 41 heavy (non-hydrogen) atoms. The minimum Gasteiger partial charge on any atom is -0.395 e. The number of hydrogen-bond donors (Lipinski definition) is 3. The van der Waals surface area contributed by atoms with Crippen molar-refractivity contribution in [2.45, 2.75) is 38.0 Å². The van der Waals surface area contributed by atoms with Gasteiger partial charge >= 0.3 is 0 Å². The number of alkyl halides is 4. The number of anilines is 4. The molecule has 0 bridgehead atoms. The topological polar surface area (TPSA) is 115 Å². The number of nitrogens with one attached hydrogen (secondary N) is 2. The molecule has 15 heteroatoms. The first-order valence-corrected chi connectivity index (χ1v) is 14.9. The highest BCUT2D eigenvalue weighted by atomic mass is 32.2. The average molecular weight is 604 g/mol. The second-order valence-electron chi connectivity index (χ2n) is 10.8. The van der Waals surface area contributed by atoms with E-state index in [4.69, 9.17) is 5.11 Å². The molecule has 2 atom stereocenters. The van der Waals surface area contributed by atoms with Gasteiger partial charge in [0.2, 0.25) is 16.4 Å². The minimum atomic E-state index is -4.02. The molecule has 1 aromatic heterocycles. The normalized spacial score (nSPS) is 23.7. The number of aromatic nitrogens is 1. The molecular weight excluding hydrogens is 573 g/mol. The zero-order chi connectivity index (χ0) is 29.6. The quantitative estimate of drug-likeness (QED) is 0.373. The zero-order valence-corrected chi connectivity index (χ0v) is 22.7. The standard InChI is InChI=1S/C26H30F5N5O4S/c27-18-12-17(34-41(39,40)11-10-37)13-19(36-7-4-25(24(28)29)14-16(25)15-36)22(18)23(38)33-20-2-1-3-21(32-20)35-8-5-26(30,31)6-9-35/h1-3,12-13,16,24,34,37H,4-11,14-15H2,(H,32,33,38)/t16-,25+/m0/s1. The molecule has 2 saturated heterocycles. The van der Waals surface area contributed by atoms with Gasteiger partial charge in [-0.2, -0.15) is 0 Å². The molecule has 2 aliphatic heterocycles. The van der Waals surface area contributed by atoms with E-state index in [2.05, 4.69) is 15.0 Å². The van der Waals surface area contributed by atoms with Gasteiger partial charge in [-0.25, -0.2) is 35.4 Å². The Balaban J connectivity index is 1.42. The maximum absolute atomic E-state index is 15.5. The van der Waals surface area contributed by atoms with E-state index in [-0.39, 0.29) is 68.6 Å². The predicted octanol–water partition coefficient (Wildman–Crippen LogP) is 3.92. The average Bonchev–Trinajstić information content (AvgIpc) is 3.63. The smallest absolute Gasteiger partial charge is 0.261 e. The number of aliphatic hydroxyl groups excluding tert-OH is 1. The molecule has 1 amide bonds. The van der Waals surface area contributed by atoms with Crippen LogP contribution in [0.25, 0.3) is 0 Å². The van der Waals surface area contributed by atoms with E-state index < -0.39 is 57.4 Å². The Morgan fingerprint density at radius 2 is 1.83 bits per heavy atom. The molecule has 1 saturated carbocycles. The van der Waals surface area contributed by atoms with Crippen LogP contribution in [0, 0.1) is 17.2 Å². The Bertz CT molecular complexity index is 1420. The number of rotatable bonds is 9. The van der Waals surface area contributed by atoms with E-state index in [1.165, 1.54) is 12.1 Å². The molecule has 0 unspecified atom stereocenters. The highest BCUT2D eigenvalue weighted by molar-refractivity contribution is 7.92. The fourth-order valence-electron chi connectivity index (χ4n) is 5.63. The van der Waals surface area contributed by atoms with Gasteiger partial charge in [-0.1, -0.05) is 6.07 Å². The molecule has 5 rings (SSSR count). The maximum Gasteiger partial charge on any atom is 0.261 e. The lowest BCUT2D eigenvalue weighted by atomic mass is 9.94. The minimum absolute atomic E-state index is 0.0216. The van der Waals surface area contributed by atoms with Crippen molar-refractivity contribution < 1.29 is 40.3 Å². The van der Waals surface area contributed by atoms with Gasteiger partial charge in [0, 0.05) is 44.4 Å². The van der Waals surface area contributed by atoms with Crippen LogP contribution in [0.1, 0.15) is 36.0 Å². The van der Waals surface area contributed by atoms with Gasteiger partial charge in [-0.3, -0.25) is 9.52 Å². The van der Waals surface area contributed by atoms with Crippen molar-refractivity contribution in [1.29, 1.82) is 0 Å². The van der Waals surface area contributed by atoms with Crippen LogP contribution in [0.4, 0.5) is 45.0 Å². The lowest BCUT2D eigenvalue weighted by molar-refractivity contribution is -0.0221. The largest absolute Gasteiger partial charge is 0.395 e. The van der Waals surface area contributed by atoms with E-state index in [0.29, 0.717) is 12.2 Å². The van der Waals surface area contributed by atoms with Crippen molar-refractivity contribution >= 4 is 38.9 Å². The Hall–Kier alpha value is -3.20. The van der Waals surface area contributed by atoms with E-state index in [0.717, 1.165) is 6.07 Å². The van der Waals surface area contributed by atoms with Crippen LogP contribution in [-0.2, 0) is 10.0 Å². The molecule has 3 heterocycles. The molecule has 1 aliphatic carbocycles. The van der Waals surface area contributed by atoms with Gasteiger partial charge in [0.25, 0.3) is 11.8 Å². The highest BCUT2D eigenvalue weighted by Crippen LogP contribution is 2.62. The molecule has 2 aromatic rings. The van der Waals surface area contributed by atoms with Crippen LogP contribution in [0.3, 0.4) is 0 Å². The molecule has 3 fully saturated rings. The summed E-state index contributed by atoms with van der Waals surface area (Å²) in [6.45, 7) is -0.300. The fourth-order valence-corrected chi connectivity index (χ4v) is 6.45. The summed E-state index contributed by atoms with van der Waals surface area (Å²) < 4.78 is 96.5. The molecule has 9 nitrogen and oxygen atoms in total. The summed E-state index contributed by atoms with van der Waals surface area (Å²) in [5.41, 5.74) is -1.69. The molecule has 224 valence electrons. The first-order chi connectivity index (χ1) is 19.3. The number of amides is 1. The molecule has 1 aromatic carbocycles. The molecule has 0 spiro atoms. The monoisotopic (exact) mass is 603 g/mol. The first kappa shape index (κ1) is 29.3. The van der Waals surface area contributed by atoms with Gasteiger partial charge in [-0.05, 0) is 43.0 Å². The van der Waals surface area contributed by atoms with Crippen molar-refractivity contribution in [3.8, 4) is 0 Å². The number of benzene rings is 1. The Kier molecular flexibility index (Phi) is 7.78. The summed E-state index contributed by atoms with van der Waals surface area (Å²) in [5.74, 6) is -5.30. The zero-order valence-electron chi connectivity index (χ0n) is 21.9. The Labute approximate surface area is 233 Å². The van der Waals surface area contributed by atoms with Crippen molar-refractivity contribution in [1.82, 2.24) is 4.98 Å². The van der Waals surface area contributed by atoms with Crippen LogP contribution in [0.5, 0.6) is 0 Å². The molecule has 3 aliphatic rings. The van der Waals surface area contributed by atoms with E-state index in [1.807, 2.05) is 0 Å². The van der Waals surface area contributed by atoms with E-state index in [1.54, 1.807) is 21.9 Å². The number of sulfonamides is 1. The second-order valence-corrected chi connectivity index (χ2v) is 12.6. The second kappa shape index (κ2) is 10.9. The number of carbonyl (C=O) groups is 1. The lowest BCUT2D eigenvalue weighted by Gasteiger charge is -2.34. The van der Waals surface area contributed by atoms with Gasteiger partial charge in [0.1, 0.15) is 17.5 Å². The number of nitrogens with zero attached hydrogens (tertiary/aromatic N) is 3. The third-order valence-corrected chi connectivity index (χ3v) is 9.33. The SMILES string of the molecule is O=C(Nc1cccc(N2CCC(F)(F)CC2)n1)c1c(F)cc(NS(=O)(=O)CCO)cc1N1CC[C@@]2(C(F)F)C[C@H]2C1. The molecule has 3 N–H and O–H groups in total. The summed E-state index contributed by atoms with van der Waals surface area (Å²) in [5, 5.41) is 11.5. The van der Waals surface area contributed by atoms with Crippen LogP contribution in [-0.4, -0.2) is 75.3 Å². The Morgan fingerprint density at radius 3 is 2.49 bits per heavy atom. The molecule has 0 radical (unpaired) electrons. The lowest BCUT2D eigenvalue weighted by Crippen LogP contribution is -2.39. The number of fused-ring (bicyclic) bond motifs is 1. The summed E-state index contributed by atoms with van der Waals surface area (Å²) in [6, 6.07) is 6.73. The summed E-state index contributed by atoms with van der Waals surface area (Å²) in [6.07, 6.45) is -2.75. The number of piperidine rings is 2.